The molecule has 3 fully saturated rings. The monoisotopic (exact) mass is 300 g/mol. The van der Waals surface area contributed by atoms with Crippen molar-refractivity contribution in [2.45, 2.75) is 71.3 Å². The predicted octanol–water partition coefficient (Wildman–Crippen LogP) is 5.11. The lowest BCUT2D eigenvalue weighted by atomic mass is 9.44. The zero-order valence-electron chi connectivity index (χ0n) is 14.4. The largest absolute Gasteiger partial charge is 0.393 e. The first-order chi connectivity index (χ1) is 10.5. The van der Waals surface area contributed by atoms with Crippen LogP contribution in [-0.2, 0) is 0 Å². The predicted molar refractivity (Wildman–Crippen MR) is 91.4 cm³/mol. The lowest BCUT2D eigenvalue weighted by Gasteiger charge is -2.60. The van der Waals surface area contributed by atoms with Crippen LogP contribution in [0.2, 0.25) is 0 Å². The number of allylic oxidation sites excluding steroid dienone is 3. The van der Waals surface area contributed by atoms with Gasteiger partial charge in [-0.25, -0.2) is 0 Å². The van der Waals surface area contributed by atoms with E-state index in [4.69, 9.17) is 0 Å². The molecule has 0 spiro atoms. The molecule has 7 unspecified atom stereocenters. The Morgan fingerprint density at radius 3 is 2.73 bits per heavy atom. The van der Waals surface area contributed by atoms with Crippen molar-refractivity contribution in [3.63, 3.8) is 0 Å². The quantitative estimate of drug-likeness (QED) is 0.713. The van der Waals surface area contributed by atoms with E-state index in [0.717, 1.165) is 36.5 Å². The van der Waals surface area contributed by atoms with Crippen molar-refractivity contribution in [3.05, 3.63) is 24.3 Å². The van der Waals surface area contributed by atoms with Crippen LogP contribution in [0.25, 0.3) is 0 Å². The highest BCUT2D eigenvalue weighted by Gasteiger charge is 2.58. The van der Waals surface area contributed by atoms with E-state index in [1.54, 1.807) is 0 Å². The maximum atomic E-state index is 10.1. The number of hydrogen-bond donors (Lipinski definition) is 1. The molecule has 22 heavy (non-hydrogen) atoms. The topological polar surface area (TPSA) is 20.2 Å². The summed E-state index contributed by atoms with van der Waals surface area (Å²) in [6.07, 6.45) is 14.7. The van der Waals surface area contributed by atoms with Gasteiger partial charge in [-0.3, -0.25) is 0 Å². The van der Waals surface area contributed by atoms with E-state index in [-0.39, 0.29) is 6.10 Å². The molecule has 122 valence electrons. The van der Waals surface area contributed by atoms with Gasteiger partial charge in [0.05, 0.1) is 6.10 Å². The summed E-state index contributed by atoms with van der Waals surface area (Å²) in [6, 6.07) is 0. The van der Waals surface area contributed by atoms with Gasteiger partial charge in [0.15, 0.2) is 0 Å². The fraction of sp³-hybridized carbons (Fsp3) is 0.810. The zero-order valence-corrected chi connectivity index (χ0v) is 14.4. The Morgan fingerprint density at radius 2 is 1.95 bits per heavy atom. The van der Waals surface area contributed by atoms with Gasteiger partial charge in [-0.1, -0.05) is 32.6 Å². The molecule has 0 saturated heterocycles. The van der Waals surface area contributed by atoms with Crippen LogP contribution >= 0.6 is 0 Å². The summed E-state index contributed by atoms with van der Waals surface area (Å²) < 4.78 is 0. The van der Waals surface area contributed by atoms with Crippen LogP contribution in [0.1, 0.15) is 65.2 Å². The van der Waals surface area contributed by atoms with Gasteiger partial charge in [0.25, 0.3) is 0 Å². The van der Waals surface area contributed by atoms with E-state index in [9.17, 15) is 5.11 Å². The third-order valence-corrected chi connectivity index (χ3v) is 8.50. The standard InChI is InChI=1S/C21H32O/c1-4-14-6-8-18-17-7-5-15-13-16(22)9-11-21(15,3)19(17)10-12-20(14,18)2/h4,6,15-19,22H,1,5,7-13H2,2-3H3. The Labute approximate surface area is 135 Å². The van der Waals surface area contributed by atoms with E-state index < -0.39 is 0 Å². The fourth-order valence-electron chi connectivity index (χ4n) is 7.15. The third kappa shape index (κ3) is 1.87. The Morgan fingerprint density at radius 1 is 1.14 bits per heavy atom. The lowest BCUT2D eigenvalue weighted by molar-refractivity contribution is -0.117. The van der Waals surface area contributed by atoms with Gasteiger partial charge in [-0.15, -0.1) is 0 Å². The maximum absolute atomic E-state index is 10.1. The van der Waals surface area contributed by atoms with Gasteiger partial charge in [0.2, 0.25) is 0 Å². The first-order valence-corrected chi connectivity index (χ1v) is 9.50. The SMILES string of the molecule is C=CC1=CCC2C3CCC4CC(O)CCC4(C)C3CCC12C. The van der Waals surface area contributed by atoms with Crippen LogP contribution in [-0.4, -0.2) is 11.2 Å². The molecule has 0 radical (unpaired) electrons. The smallest absolute Gasteiger partial charge is 0.0543 e. The molecule has 0 amide bonds. The van der Waals surface area contributed by atoms with Gasteiger partial charge < -0.3 is 5.11 Å². The minimum absolute atomic E-state index is 0.0241. The molecule has 0 aromatic carbocycles. The van der Waals surface area contributed by atoms with E-state index in [2.05, 4.69) is 32.6 Å². The summed E-state index contributed by atoms with van der Waals surface area (Å²) >= 11 is 0. The number of rotatable bonds is 1. The van der Waals surface area contributed by atoms with Crippen LogP contribution in [0.3, 0.4) is 0 Å². The molecule has 4 aliphatic carbocycles. The number of fused-ring (bicyclic) bond motifs is 5. The number of aliphatic hydroxyl groups excluding tert-OH is 1. The van der Waals surface area contributed by atoms with Crippen molar-refractivity contribution in [2.75, 3.05) is 0 Å². The van der Waals surface area contributed by atoms with Crippen LogP contribution < -0.4 is 0 Å². The van der Waals surface area contributed by atoms with E-state index >= 15 is 0 Å². The van der Waals surface area contributed by atoms with Gasteiger partial charge in [0, 0.05) is 0 Å². The van der Waals surface area contributed by atoms with Crippen LogP contribution in [0.4, 0.5) is 0 Å². The molecule has 0 aromatic heterocycles. The molecular weight excluding hydrogens is 268 g/mol. The van der Waals surface area contributed by atoms with Gasteiger partial charge >= 0.3 is 0 Å². The molecular formula is C21H32O. The molecule has 0 aromatic rings. The average molecular weight is 300 g/mol. The highest BCUT2D eigenvalue weighted by Crippen LogP contribution is 2.66. The van der Waals surface area contributed by atoms with E-state index in [1.807, 2.05) is 0 Å². The maximum Gasteiger partial charge on any atom is 0.0543 e. The Kier molecular flexibility index (Phi) is 3.39. The fourth-order valence-corrected chi connectivity index (χ4v) is 7.15. The van der Waals surface area contributed by atoms with Crippen LogP contribution in [0.15, 0.2) is 24.3 Å². The second kappa shape index (κ2) is 4.97. The molecule has 4 rings (SSSR count). The summed E-state index contributed by atoms with van der Waals surface area (Å²) in [6.45, 7) is 9.15. The summed E-state index contributed by atoms with van der Waals surface area (Å²) in [5.41, 5.74) is 2.43. The molecule has 0 bridgehead atoms. The second-order valence-electron chi connectivity index (χ2n) is 9.14. The molecule has 4 aliphatic rings. The molecule has 3 saturated carbocycles. The minimum Gasteiger partial charge on any atom is -0.393 e. The number of aliphatic hydroxyl groups is 1. The molecule has 0 heterocycles. The molecule has 1 N–H and O–H groups in total. The Bertz CT molecular complexity index is 506. The first-order valence-electron chi connectivity index (χ1n) is 9.50. The van der Waals surface area contributed by atoms with Crippen molar-refractivity contribution in [1.82, 2.24) is 0 Å². The van der Waals surface area contributed by atoms with Crippen molar-refractivity contribution in [2.24, 2.45) is 34.5 Å². The highest BCUT2D eigenvalue weighted by atomic mass is 16.3. The van der Waals surface area contributed by atoms with Crippen LogP contribution in [0, 0.1) is 34.5 Å². The summed E-state index contributed by atoms with van der Waals surface area (Å²) in [4.78, 5) is 0. The van der Waals surface area contributed by atoms with Crippen molar-refractivity contribution >= 4 is 0 Å². The van der Waals surface area contributed by atoms with Crippen molar-refractivity contribution in [1.29, 1.82) is 0 Å². The van der Waals surface area contributed by atoms with Gasteiger partial charge in [-0.2, -0.15) is 0 Å². The van der Waals surface area contributed by atoms with Gasteiger partial charge in [-0.05, 0) is 91.4 Å². The summed E-state index contributed by atoms with van der Waals surface area (Å²) in [7, 11) is 0. The van der Waals surface area contributed by atoms with Crippen molar-refractivity contribution < 1.29 is 5.11 Å². The Balaban J connectivity index is 1.63. The molecule has 7 atom stereocenters. The molecule has 0 aliphatic heterocycles. The average Bonchev–Trinajstić information content (AvgIpc) is 2.84. The first kappa shape index (κ1) is 15.0. The number of hydrogen-bond acceptors (Lipinski definition) is 1. The highest BCUT2D eigenvalue weighted by molar-refractivity contribution is 5.32. The second-order valence-corrected chi connectivity index (χ2v) is 9.14. The summed E-state index contributed by atoms with van der Waals surface area (Å²) in [5.74, 6) is 3.43. The Hall–Kier alpha value is -0.560. The minimum atomic E-state index is -0.0241. The summed E-state index contributed by atoms with van der Waals surface area (Å²) in [5, 5.41) is 10.1. The normalized spacial score (nSPS) is 54.0. The van der Waals surface area contributed by atoms with Crippen molar-refractivity contribution in [3.8, 4) is 0 Å². The van der Waals surface area contributed by atoms with Gasteiger partial charge in [0.1, 0.15) is 0 Å². The third-order valence-electron chi connectivity index (χ3n) is 8.50. The molecule has 1 heteroatoms. The zero-order chi connectivity index (χ0) is 15.5. The van der Waals surface area contributed by atoms with E-state index in [0.29, 0.717) is 10.8 Å². The lowest BCUT2D eigenvalue weighted by Crippen LogP contribution is -2.53. The van der Waals surface area contributed by atoms with E-state index in [1.165, 1.54) is 44.1 Å². The molecule has 1 nitrogen and oxygen atoms in total. The van der Waals surface area contributed by atoms with Crippen LogP contribution in [0.5, 0.6) is 0 Å².